The third-order valence-electron chi connectivity index (χ3n) is 6.63. The van der Waals surface area contributed by atoms with Gasteiger partial charge in [0.25, 0.3) is 0 Å². The van der Waals surface area contributed by atoms with E-state index in [4.69, 9.17) is 38.9 Å². The van der Waals surface area contributed by atoms with Crippen LogP contribution >= 0.6 is 23.2 Å². The van der Waals surface area contributed by atoms with Crippen molar-refractivity contribution >= 4 is 29.0 Å². The molecule has 1 aromatic heterocycles. The number of nitrogens with zero attached hydrogens (tertiary/aromatic N) is 3. The van der Waals surface area contributed by atoms with E-state index in [0.29, 0.717) is 21.4 Å². The highest BCUT2D eigenvalue weighted by Crippen LogP contribution is 2.53. The number of hydrogen-bond donors (Lipinski definition) is 2. The maximum atomic E-state index is 9.97. The number of benzene rings is 1. The van der Waals surface area contributed by atoms with E-state index in [-0.39, 0.29) is 17.6 Å². The number of rotatable bonds is 4. The third-order valence-corrected chi connectivity index (χ3v) is 7.45. The summed E-state index contributed by atoms with van der Waals surface area (Å²) < 4.78 is 0. The molecule has 5 nitrogen and oxygen atoms in total. The molecule has 2 fully saturated rings. The Hall–Kier alpha value is -1.40. The first-order chi connectivity index (χ1) is 13.3. The second-order valence-corrected chi connectivity index (χ2v) is 9.18. The fraction of sp³-hybridized carbons (Fsp3) is 0.524. The fourth-order valence-corrected chi connectivity index (χ4v) is 4.68. The quantitative estimate of drug-likeness (QED) is 0.768. The van der Waals surface area contributed by atoms with Gasteiger partial charge >= 0.3 is 0 Å². The monoisotopic (exact) mass is 420 g/mol. The van der Waals surface area contributed by atoms with Crippen LogP contribution in [0.4, 0.5) is 5.82 Å². The lowest BCUT2D eigenvalue weighted by Gasteiger charge is -2.44. The molecule has 0 amide bonds. The fourth-order valence-electron chi connectivity index (χ4n) is 4.29. The lowest BCUT2D eigenvalue weighted by atomic mass is 9.72. The zero-order valence-corrected chi connectivity index (χ0v) is 17.8. The average molecular weight is 421 g/mol. The largest absolute Gasteiger partial charge is 0.390 e. The van der Waals surface area contributed by atoms with Gasteiger partial charge in [-0.1, -0.05) is 42.3 Å². The summed E-state index contributed by atoms with van der Waals surface area (Å²) in [4.78, 5) is 11.7. The van der Waals surface area contributed by atoms with Crippen LogP contribution < -0.4 is 10.6 Å². The van der Waals surface area contributed by atoms with Gasteiger partial charge in [0.05, 0.1) is 28.0 Å². The molecule has 3 N–H and O–H groups in total. The van der Waals surface area contributed by atoms with Crippen LogP contribution in [-0.2, 0) is 6.61 Å². The van der Waals surface area contributed by atoms with E-state index in [1.807, 2.05) is 19.1 Å². The van der Waals surface area contributed by atoms with Gasteiger partial charge in [0.1, 0.15) is 5.69 Å². The van der Waals surface area contributed by atoms with Crippen molar-refractivity contribution < 1.29 is 5.11 Å². The van der Waals surface area contributed by atoms with Crippen LogP contribution in [0.15, 0.2) is 18.2 Å². The minimum Gasteiger partial charge on any atom is -0.390 e. The van der Waals surface area contributed by atoms with Crippen LogP contribution in [-0.4, -0.2) is 33.7 Å². The van der Waals surface area contributed by atoms with E-state index >= 15 is 0 Å². The van der Waals surface area contributed by atoms with Gasteiger partial charge in [-0.2, -0.15) is 0 Å². The molecule has 1 aromatic carbocycles. The molecular formula is C21H26Cl2N4O. The van der Waals surface area contributed by atoms with Gasteiger partial charge in [0.2, 0.25) is 0 Å². The van der Waals surface area contributed by atoms with Crippen molar-refractivity contribution in [2.75, 3.05) is 18.0 Å². The summed E-state index contributed by atoms with van der Waals surface area (Å²) in [5, 5.41) is 10.9. The summed E-state index contributed by atoms with van der Waals surface area (Å²) in [6, 6.07) is 5.45. The molecule has 0 radical (unpaired) electrons. The Morgan fingerprint density at radius 3 is 2.43 bits per heavy atom. The van der Waals surface area contributed by atoms with Crippen molar-refractivity contribution in [3.05, 3.63) is 39.6 Å². The van der Waals surface area contributed by atoms with E-state index in [1.165, 1.54) is 0 Å². The average Bonchev–Trinajstić information content (AvgIpc) is 3.44. The smallest absolute Gasteiger partial charge is 0.153 e. The Morgan fingerprint density at radius 2 is 1.82 bits per heavy atom. The summed E-state index contributed by atoms with van der Waals surface area (Å²) in [6.07, 6.45) is 4.30. The number of aromatic nitrogens is 2. The van der Waals surface area contributed by atoms with Crippen LogP contribution in [0, 0.1) is 12.3 Å². The van der Waals surface area contributed by atoms with Crippen LogP contribution in [0.2, 0.25) is 10.0 Å². The zero-order chi connectivity index (χ0) is 20.1. The van der Waals surface area contributed by atoms with Gasteiger partial charge in [-0.25, -0.2) is 9.97 Å². The molecule has 0 bridgehead atoms. The lowest BCUT2D eigenvalue weighted by Crippen LogP contribution is -2.50. The molecule has 2 aliphatic rings. The van der Waals surface area contributed by atoms with Gasteiger partial charge in [0, 0.05) is 24.2 Å². The molecule has 1 saturated heterocycles. The second-order valence-electron chi connectivity index (χ2n) is 8.39. The molecule has 1 aliphatic carbocycles. The number of piperidine rings is 1. The van der Waals surface area contributed by atoms with Crippen molar-refractivity contribution in [2.45, 2.75) is 51.7 Å². The predicted molar refractivity (Wildman–Crippen MR) is 114 cm³/mol. The first-order valence-corrected chi connectivity index (χ1v) is 10.5. The van der Waals surface area contributed by atoms with Gasteiger partial charge in [-0.05, 0) is 44.1 Å². The summed E-state index contributed by atoms with van der Waals surface area (Å²) in [5.41, 5.74) is 9.42. The number of aliphatic hydroxyl groups excluding tert-OH is 1. The first kappa shape index (κ1) is 19.9. The van der Waals surface area contributed by atoms with E-state index in [9.17, 15) is 5.11 Å². The number of aliphatic hydroxyl groups is 1. The molecule has 2 aromatic rings. The highest BCUT2D eigenvalue weighted by atomic mass is 35.5. The molecule has 0 atom stereocenters. The van der Waals surface area contributed by atoms with E-state index < -0.39 is 0 Å². The van der Waals surface area contributed by atoms with Crippen molar-refractivity contribution in [2.24, 2.45) is 11.1 Å². The minimum absolute atomic E-state index is 0.00762. The lowest BCUT2D eigenvalue weighted by molar-refractivity contribution is 0.178. The SMILES string of the molecule is Cc1nc(N2CCC(C)(C3(N)CC3)CC2)c(CO)nc1-c1cccc(Cl)c1Cl. The number of hydrogen-bond acceptors (Lipinski definition) is 5. The zero-order valence-electron chi connectivity index (χ0n) is 16.3. The number of aryl methyl sites for hydroxylation is 1. The molecule has 28 heavy (non-hydrogen) atoms. The first-order valence-electron chi connectivity index (χ1n) is 9.75. The molecule has 2 heterocycles. The summed E-state index contributed by atoms with van der Waals surface area (Å²) in [5.74, 6) is 0.755. The van der Waals surface area contributed by atoms with Gasteiger partial charge < -0.3 is 15.7 Å². The van der Waals surface area contributed by atoms with E-state index in [1.54, 1.807) is 6.07 Å². The predicted octanol–water partition coefficient (Wildman–Crippen LogP) is 4.35. The highest BCUT2D eigenvalue weighted by molar-refractivity contribution is 6.43. The summed E-state index contributed by atoms with van der Waals surface area (Å²) in [6.45, 7) is 5.78. The minimum atomic E-state index is -0.178. The van der Waals surface area contributed by atoms with Crippen molar-refractivity contribution in [3.63, 3.8) is 0 Å². The molecule has 1 aliphatic heterocycles. The maximum absolute atomic E-state index is 9.97. The molecule has 4 rings (SSSR count). The molecule has 7 heteroatoms. The maximum Gasteiger partial charge on any atom is 0.153 e. The van der Waals surface area contributed by atoms with Crippen LogP contribution in [0.3, 0.4) is 0 Å². The highest BCUT2D eigenvalue weighted by Gasteiger charge is 2.54. The number of nitrogens with two attached hydrogens (primary N) is 1. The van der Waals surface area contributed by atoms with Gasteiger partial charge in [-0.3, -0.25) is 0 Å². The Balaban J connectivity index is 1.64. The van der Waals surface area contributed by atoms with Crippen LogP contribution in [0.25, 0.3) is 11.3 Å². The number of halogens is 2. The normalized spacial score (nSPS) is 20.3. The Morgan fingerprint density at radius 1 is 1.14 bits per heavy atom. The van der Waals surface area contributed by atoms with E-state index in [2.05, 4.69) is 11.8 Å². The van der Waals surface area contributed by atoms with Crippen LogP contribution in [0.1, 0.15) is 44.0 Å². The Labute approximate surface area is 175 Å². The van der Waals surface area contributed by atoms with Crippen molar-refractivity contribution in [1.29, 1.82) is 0 Å². The Bertz CT molecular complexity index is 906. The standard InChI is InChI=1S/C21H26Cl2N4O/c1-13-18(14-4-3-5-15(22)17(14)23)26-16(12-28)19(25-13)27-10-8-20(2,9-11-27)21(24)6-7-21/h3-5,28H,6-12,24H2,1-2H3. The molecule has 1 saturated carbocycles. The Kier molecular flexibility index (Phi) is 5.07. The molecule has 0 spiro atoms. The molecular weight excluding hydrogens is 395 g/mol. The van der Waals surface area contributed by atoms with Crippen molar-refractivity contribution in [3.8, 4) is 11.3 Å². The van der Waals surface area contributed by atoms with Crippen LogP contribution in [0.5, 0.6) is 0 Å². The summed E-state index contributed by atoms with van der Waals surface area (Å²) >= 11 is 12.5. The topological polar surface area (TPSA) is 75.3 Å². The van der Waals surface area contributed by atoms with Gasteiger partial charge in [0.15, 0.2) is 5.82 Å². The van der Waals surface area contributed by atoms with Crippen molar-refractivity contribution in [1.82, 2.24) is 9.97 Å². The summed E-state index contributed by atoms with van der Waals surface area (Å²) in [7, 11) is 0. The van der Waals surface area contributed by atoms with E-state index in [0.717, 1.165) is 55.8 Å². The number of anilines is 1. The second kappa shape index (κ2) is 7.13. The third kappa shape index (κ3) is 3.28. The molecule has 0 unspecified atom stereocenters. The molecule has 150 valence electrons. The van der Waals surface area contributed by atoms with Gasteiger partial charge in [-0.15, -0.1) is 0 Å².